The average Bonchev–Trinajstić information content (AvgIpc) is 3.28. The topological polar surface area (TPSA) is 36.4 Å². The molecule has 0 spiro atoms. The Labute approximate surface area is 378 Å². The quantitative estimate of drug-likeness (QED) is 0.0162. The number of unbranched alkanes of at least 4 members (excludes halogenated alkanes) is 30. The zero-order chi connectivity index (χ0) is 43.5. The number of rotatable bonds is 37. The van der Waals surface area contributed by atoms with Crippen LogP contribution in [0.5, 0.6) is 0 Å². The standard InChI is InChI=1S/C59H90N2/c1-4-7-10-12-14-16-18-20-22-23-24-25-26-27-28-30-32-34-36-38-40-47-56-48-41-42-50-58(56)59(57-49-43-46-54(51-57)44-9-6-3)52-55(53-61-60)45-39-37-35-33-31-29-21-19-17-15-13-11-8-5-2/h41-43,46,48-52H,4-33,35,37-38,40,44,47H2,1-3H3. The van der Waals surface area contributed by atoms with E-state index in [0.717, 1.165) is 50.5 Å². The van der Waals surface area contributed by atoms with E-state index in [1.54, 1.807) is 0 Å². The van der Waals surface area contributed by atoms with Gasteiger partial charge in [-0.25, -0.2) is 0 Å². The fourth-order valence-electron chi connectivity index (χ4n) is 8.41. The molecule has 2 aromatic rings. The third-order valence-electron chi connectivity index (χ3n) is 12.2. The minimum atomic E-state index is 0.616. The highest BCUT2D eigenvalue weighted by atomic mass is 14.8. The first-order chi connectivity index (χ1) is 30.2. The number of nitrogens with zero attached hydrogens (tertiary/aromatic N) is 2. The summed E-state index contributed by atoms with van der Waals surface area (Å²) < 4.78 is 0. The van der Waals surface area contributed by atoms with Crippen LogP contribution in [-0.4, -0.2) is 10.7 Å². The predicted octanol–water partition coefficient (Wildman–Crippen LogP) is 18.4. The average molecular weight is 827 g/mol. The van der Waals surface area contributed by atoms with Crippen molar-refractivity contribution in [2.75, 3.05) is 0 Å². The van der Waals surface area contributed by atoms with Crippen LogP contribution in [0.15, 0.2) is 60.2 Å². The Morgan fingerprint density at radius 2 is 0.934 bits per heavy atom. The highest BCUT2D eigenvalue weighted by molar-refractivity contribution is 5.86. The molecule has 0 atom stereocenters. The van der Waals surface area contributed by atoms with Crippen molar-refractivity contribution in [3.63, 3.8) is 0 Å². The van der Waals surface area contributed by atoms with Crippen molar-refractivity contribution < 1.29 is 4.79 Å². The molecule has 0 N–H and O–H groups in total. The summed E-state index contributed by atoms with van der Waals surface area (Å²) in [6, 6.07) is 17.7. The summed E-state index contributed by atoms with van der Waals surface area (Å²) in [6.45, 7) is 6.83. The van der Waals surface area contributed by atoms with E-state index in [9.17, 15) is 5.53 Å². The third-order valence-corrected chi connectivity index (χ3v) is 12.2. The van der Waals surface area contributed by atoms with E-state index in [2.05, 4.69) is 110 Å². The fraction of sp³-hybridized carbons (Fsp3) is 0.661. The van der Waals surface area contributed by atoms with E-state index < -0.39 is 0 Å². The molecular formula is C59H90N2. The molecule has 0 aliphatic rings. The van der Waals surface area contributed by atoms with Crippen molar-refractivity contribution in [1.29, 1.82) is 0 Å². The molecule has 0 radical (unpaired) electrons. The highest BCUT2D eigenvalue weighted by Crippen LogP contribution is 2.30. The SMILES string of the molecule is CCCCCCCCCCCCCCC#CC(=C=[N+]=[N-])C=C(c1cccc(CCCC)c1)c1ccccc1CCCC#CCCCCCCCCCCCCCCCCCC. The van der Waals surface area contributed by atoms with E-state index in [1.165, 1.54) is 208 Å². The lowest BCUT2D eigenvalue weighted by Crippen LogP contribution is -1.98. The van der Waals surface area contributed by atoms with Crippen molar-refractivity contribution in [3.05, 3.63) is 88.0 Å². The molecular weight excluding hydrogens is 737 g/mol. The highest BCUT2D eigenvalue weighted by Gasteiger charge is 2.12. The van der Waals surface area contributed by atoms with Gasteiger partial charge in [-0.05, 0) is 72.4 Å². The van der Waals surface area contributed by atoms with Crippen molar-refractivity contribution in [3.8, 4) is 23.7 Å². The summed E-state index contributed by atoms with van der Waals surface area (Å²) in [5.74, 6) is 16.5. The normalized spacial score (nSPS) is 11.0. The van der Waals surface area contributed by atoms with Crippen LogP contribution in [0.1, 0.15) is 261 Å². The molecule has 2 heteroatoms. The van der Waals surface area contributed by atoms with Gasteiger partial charge in [0.2, 0.25) is 0 Å². The fourth-order valence-corrected chi connectivity index (χ4v) is 8.41. The molecule has 0 amide bonds. The zero-order valence-electron chi connectivity index (χ0n) is 40.0. The van der Waals surface area contributed by atoms with Crippen LogP contribution in [0.4, 0.5) is 0 Å². The molecule has 0 saturated heterocycles. The van der Waals surface area contributed by atoms with Crippen LogP contribution in [0.3, 0.4) is 0 Å². The lowest BCUT2D eigenvalue weighted by Gasteiger charge is -2.15. The van der Waals surface area contributed by atoms with Gasteiger partial charge in [0, 0.05) is 19.3 Å². The molecule has 0 saturated carbocycles. The second-order valence-electron chi connectivity index (χ2n) is 17.8. The van der Waals surface area contributed by atoms with Crippen LogP contribution < -0.4 is 0 Å². The summed E-state index contributed by atoms with van der Waals surface area (Å²) in [7, 11) is 0. The third kappa shape index (κ3) is 29.4. The maximum Gasteiger partial charge on any atom is 0.316 e. The number of aryl methyl sites for hydroxylation is 2. The lowest BCUT2D eigenvalue weighted by molar-refractivity contribution is 0.00776. The predicted molar refractivity (Wildman–Crippen MR) is 269 cm³/mol. The van der Waals surface area contributed by atoms with Gasteiger partial charge in [-0.3, -0.25) is 0 Å². The Hall–Kier alpha value is -3.54. The first-order valence-electron chi connectivity index (χ1n) is 26.0. The molecule has 2 rings (SSSR count). The molecule has 0 aliphatic heterocycles. The van der Waals surface area contributed by atoms with Gasteiger partial charge in [0.25, 0.3) is 0 Å². The van der Waals surface area contributed by atoms with E-state index >= 15 is 0 Å². The number of hydrogen-bond acceptors (Lipinski definition) is 0. The van der Waals surface area contributed by atoms with Crippen LogP contribution in [-0.2, 0) is 12.8 Å². The summed E-state index contributed by atoms with van der Waals surface area (Å²) in [5.41, 5.74) is 16.4. The summed E-state index contributed by atoms with van der Waals surface area (Å²) in [4.78, 5) is 3.33. The number of hydrogen-bond donors (Lipinski definition) is 0. The Balaban J connectivity index is 1.86. The zero-order valence-corrected chi connectivity index (χ0v) is 40.0. The summed E-state index contributed by atoms with van der Waals surface area (Å²) in [5, 5.41) is 0. The maximum absolute atomic E-state index is 9.62. The molecule has 0 fully saturated rings. The van der Waals surface area contributed by atoms with Crippen LogP contribution in [0.2, 0.25) is 0 Å². The lowest BCUT2D eigenvalue weighted by atomic mass is 9.89. The number of allylic oxidation sites excluding steroid dienone is 2. The van der Waals surface area contributed by atoms with Crippen LogP contribution in [0, 0.1) is 23.7 Å². The first kappa shape index (κ1) is 53.6. The molecule has 2 nitrogen and oxygen atoms in total. The molecule has 0 aromatic heterocycles. The van der Waals surface area contributed by atoms with Gasteiger partial charge in [-0.1, -0.05) is 255 Å². The largest absolute Gasteiger partial charge is 0.348 e. The van der Waals surface area contributed by atoms with Crippen LogP contribution >= 0.6 is 0 Å². The van der Waals surface area contributed by atoms with Crippen LogP contribution in [0.25, 0.3) is 11.1 Å². The Bertz CT molecular complexity index is 1610. The van der Waals surface area contributed by atoms with Gasteiger partial charge in [-0.2, -0.15) is 0 Å². The second kappa shape index (κ2) is 40.5. The monoisotopic (exact) mass is 827 g/mol. The minimum absolute atomic E-state index is 0.616. The van der Waals surface area contributed by atoms with E-state index in [4.69, 9.17) is 0 Å². The second-order valence-corrected chi connectivity index (χ2v) is 17.8. The molecule has 0 unspecified atom stereocenters. The Morgan fingerprint density at radius 1 is 0.475 bits per heavy atom. The minimum Gasteiger partial charge on any atom is -0.348 e. The maximum atomic E-state index is 9.62. The summed E-state index contributed by atoms with van der Waals surface area (Å²) >= 11 is 0. The number of benzene rings is 2. The molecule has 336 valence electrons. The first-order valence-corrected chi connectivity index (χ1v) is 26.0. The van der Waals surface area contributed by atoms with Gasteiger partial charge in [-0.15, -0.1) is 16.6 Å². The Kier molecular flexibility index (Phi) is 35.6. The van der Waals surface area contributed by atoms with E-state index in [1.807, 2.05) is 0 Å². The molecule has 0 heterocycles. The molecule has 61 heavy (non-hydrogen) atoms. The van der Waals surface area contributed by atoms with Crippen molar-refractivity contribution in [2.45, 2.75) is 252 Å². The van der Waals surface area contributed by atoms with Gasteiger partial charge >= 0.3 is 5.87 Å². The van der Waals surface area contributed by atoms with Gasteiger partial charge < -0.3 is 5.53 Å². The molecule has 0 aliphatic carbocycles. The van der Waals surface area contributed by atoms with Crippen molar-refractivity contribution in [2.24, 2.45) is 0 Å². The van der Waals surface area contributed by atoms with E-state index in [-0.39, 0.29) is 0 Å². The van der Waals surface area contributed by atoms with Gasteiger partial charge in [0.1, 0.15) is 0 Å². The van der Waals surface area contributed by atoms with Gasteiger partial charge in [0.15, 0.2) is 5.57 Å². The Morgan fingerprint density at radius 3 is 1.44 bits per heavy atom. The molecule has 0 bridgehead atoms. The molecule has 2 aromatic carbocycles. The van der Waals surface area contributed by atoms with Gasteiger partial charge in [0.05, 0.1) is 0 Å². The van der Waals surface area contributed by atoms with E-state index in [0.29, 0.717) is 5.57 Å². The smallest absolute Gasteiger partial charge is 0.316 e. The summed E-state index contributed by atoms with van der Waals surface area (Å²) in [6.07, 6.45) is 48.8. The van der Waals surface area contributed by atoms with Crippen molar-refractivity contribution >= 4 is 11.4 Å². The van der Waals surface area contributed by atoms with Crippen molar-refractivity contribution in [1.82, 2.24) is 0 Å².